The Morgan fingerprint density at radius 2 is 1.93 bits per heavy atom. The summed E-state index contributed by atoms with van der Waals surface area (Å²) in [6.45, 7) is 2.90. The zero-order chi connectivity index (χ0) is 20.8. The van der Waals surface area contributed by atoms with Crippen LogP contribution in [0.5, 0.6) is 5.75 Å². The molecule has 0 N–H and O–H groups in total. The molecular formula is C24H27N3O3. The molecule has 0 bridgehead atoms. The molecule has 4 rings (SSSR count). The van der Waals surface area contributed by atoms with Gasteiger partial charge in [-0.15, -0.1) is 0 Å². The number of ether oxygens (including phenoxy) is 2. The lowest BCUT2D eigenvalue weighted by Gasteiger charge is -2.46. The molecule has 30 heavy (non-hydrogen) atoms. The van der Waals surface area contributed by atoms with E-state index in [4.69, 9.17) is 14.7 Å². The van der Waals surface area contributed by atoms with Crippen molar-refractivity contribution in [3.63, 3.8) is 0 Å². The van der Waals surface area contributed by atoms with E-state index in [0.717, 1.165) is 44.5 Å². The van der Waals surface area contributed by atoms with Crippen molar-refractivity contribution in [3.05, 3.63) is 59.9 Å². The number of benzene rings is 1. The zero-order valence-corrected chi connectivity index (χ0v) is 17.1. The Morgan fingerprint density at radius 1 is 1.20 bits per heavy atom. The van der Waals surface area contributed by atoms with Crippen molar-refractivity contribution < 1.29 is 14.3 Å². The Hall–Kier alpha value is -2.91. The van der Waals surface area contributed by atoms with E-state index in [1.807, 2.05) is 17.0 Å². The maximum atomic E-state index is 12.8. The molecule has 6 heteroatoms. The number of carbonyl (C=O) groups is 1. The van der Waals surface area contributed by atoms with Crippen LogP contribution in [-0.2, 0) is 4.74 Å². The Morgan fingerprint density at radius 3 is 2.63 bits per heavy atom. The van der Waals surface area contributed by atoms with Gasteiger partial charge in [0.05, 0.1) is 23.8 Å². The molecule has 1 aromatic carbocycles. The monoisotopic (exact) mass is 405 g/mol. The van der Waals surface area contributed by atoms with E-state index < -0.39 is 0 Å². The van der Waals surface area contributed by atoms with Crippen LogP contribution in [0, 0.1) is 17.2 Å². The lowest BCUT2D eigenvalue weighted by atomic mass is 9.78. The second kappa shape index (κ2) is 9.27. The van der Waals surface area contributed by atoms with Crippen LogP contribution >= 0.6 is 0 Å². The summed E-state index contributed by atoms with van der Waals surface area (Å²) >= 11 is 0. The first-order valence-electron chi connectivity index (χ1n) is 10.6. The second-order valence-electron chi connectivity index (χ2n) is 8.19. The summed E-state index contributed by atoms with van der Waals surface area (Å²) in [6.07, 6.45) is 8.34. The quantitative estimate of drug-likeness (QED) is 0.756. The van der Waals surface area contributed by atoms with E-state index in [1.54, 1.807) is 36.7 Å². The number of nitriles is 1. The highest BCUT2D eigenvalue weighted by Crippen LogP contribution is 2.39. The summed E-state index contributed by atoms with van der Waals surface area (Å²) in [5.74, 6) is 1.48. The van der Waals surface area contributed by atoms with Crippen molar-refractivity contribution in [2.24, 2.45) is 5.92 Å². The predicted molar refractivity (Wildman–Crippen MR) is 112 cm³/mol. The maximum absolute atomic E-state index is 12.8. The predicted octanol–water partition coefficient (Wildman–Crippen LogP) is 3.82. The molecule has 2 aromatic rings. The molecule has 1 atom stereocenters. The Labute approximate surface area is 177 Å². The fraction of sp³-hybridized carbons (Fsp3) is 0.458. The number of hydrogen-bond donors (Lipinski definition) is 0. The van der Waals surface area contributed by atoms with E-state index in [1.165, 1.54) is 0 Å². The number of piperidine rings is 1. The number of likely N-dealkylation sites (tertiary alicyclic amines) is 1. The zero-order valence-electron chi connectivity index (χ0n) is 17.1. The lowest BCUT2D eigenvalue weighted by molar-refractivity contribution is -0.125. The molecule has 0 saturated carbocycles. The van der Waals surface area contributed by atoms with Crippen molar-refractivity contribution in [2.45, 2.75) is 37.7 Å². The van der Waals surface area contributed by atoms with Gasteiger partial charge in [-0.3, -0.25) is 9.78 Å². The number of amides is 1. The smallest absolute Gasteiger partial charge is 0.253 e. The van der Waals surface area contributed by atoms with Crippen molar-refractivity contribution in [2.75, 3.05) is 26.3 Å². The molecule has 2 fully saturated rings. The van der Waals surface area contributed by atoms with Crippen molar-refractivity contribution in [1.82, 2.24) is 9.88 Å². The van der Waals surface area contributed by atoms with E-state index in [2.05, 4.69) is 11.1 Å². The molecule has 0 radical (unpaired) electrons. The average molecular weight is 405 g/mol. The normalized spacial score (nSPS) is 20.5. The SMILES string of the molecule is N#Cc1ccc(C(=O)N2CCC3(CC2)CC(CCOc2ccncc2)CCO3)cc1. The third kappa shape index (κ3) is 4.80. The fourth-order valence-electron chi connectivity index (χ4n) is 4.49. The summed E-state index contributed by atoms with van der Waals surface area (Å²) in [6, 6.07) is 12.7. The van der Waals surface area contributed by atoms with Gasteiger partial charge in [-0.2, -0.15) is 5.26 Å². The van der Waals surface area contributed by atoms with E-state index in [9.17, 15) is 4.79 Å². The average Bonchev–Trinajstić information content (AvgIpc) is 2.80. The van der Waals surface area contributed by atoms with Crippen LogP contribution in [0.25, 0.3) is 0 Å². The van der Waals surface area contributed by atoms with Crippen molar-refractivity contribution in [3.8, 4) is 11.8 Å². The number of nitrogens with zero attached hydrogens (tertiary/aromatic N) is 3. The van der Waals surface area contributed by atoms with Crippen LogP contribution in [0.3, 0.4) is 0 Å². The number of pyridine rings is 1. The van der Waals surface area contributed by atoms with Gasteiger partial charge in [-0.25, -0.2) is 0 Å². The minimum absolute atomic E-state index is 0.0347. The molecule has 6 nitrogen and oxygen atoms in total. The maximum Gasteiger partial charge on any atom is 0.253 e. The Kier molecular flexibility index (Phi) is 6.29. The topological polar surface area (TPSA) is 75.5 Å². The van der Waals surface area contributed by atoms with Gasteiger partial charge in [0.1, 0.15) is 5.75 Å². The molecule has 2 aliphatic heterocycles. The number of hydrogen-bond acceptors (Lipinski definition) is 5. The first-order valence-corrected chi connectivity index (χ1v) is 10.6. The molecule has 1 spiro atoms. The molecule has 0 aliphatic carbocycles. The summed E-state index contributed by atoms with van der Waals surface area (Å²) < 4.78 is 12.1. The van der Waals surface area contributed by atoms with Crippen LogP contribution in [0.15, 0.2) is 48.8 Å². The summed E-state index contributed by atoms with van der Waals surface area (Å²) in [4.78, 5) is 18.7. The van der Waals surface area contributed by atoms with E-state index >= 15 is 0 Å². The minimum Gasteiger partial charge on any atom is -0.493 e. The van der Waals surface area contributed by atoms with Gasteiger partial charge in [-0.05, 0) is 74.4 Å². The van der Waals surface area contributed by atoms with Crippen LogP contribution < -0.4 is 4.74 Å². The Balaban J connectivity index is 1.27. The van der Waals surface area contributed by atoms with Gasteiger partial charge in [0.25, 0.3) is 5.91 Å². The van der Waals surface area contributed by atoms with Gasteiger partial charge < -0.3 is 14.4 Å². The molecule has 1 aromatic heterocycles. The highest BCUT2D eigenvalue weighted by atomic mass is 16.5. The lowest BCUT2D eigenvalue weighted by Crippen LogP contribution is -2.50. The molecule has 1 amide bonds. The van der Waals surface area contributed by atoms with Crippen LogP contribution in [0.4, 0.5) is 0 Å². The van der Waals surface area contributed by atoms with Crippen molar-refractivity contribution >= 4 is 5.91 Å². The molecule has 1 unspecified atom stereocenters. The van der Waals surface area contributed by atoms with Crippen LogP contribution in [-0.4, -0.2) is 47.7 Å². The molecule has 3 heterocycles. The van der Waals surface area contributed by atoms with Gasteiger partial charge in [-0.1, -0.05) is 0 Å². The fourth-order valence-corrected chi connectivity index (χ4v) is 4.49. The van der Waals surface area contributed by atoms with Crippen LogP contribution in [0.2, 0.25) is 0 Å². The summed E-state index contributed by atoms with van der Waals surface area (Å²) in [5, 5.41) is 8.92. The van der Waals surface area contributed by atoms with E-state index in [0.29, 0.717) is 36.7 Å². The highest BCUT2D eigenvalue weighted by molar-refractivity contribution is 5.94. The number of rotatable bonds is 5. The highest BCUT2D eigenvalue weighted by Gasteiger charge is 2.41. The summed E-state index contributed by atoms with van der Waals surface area (Å²) in [5.41, 5.74) is 1.10. The van der Waals surface area contributed by atoms with Gasteiger partial charge >= 0.3 is 0 Å². The number of aromatic nitrogens is 1. The standard InChI is InChI=1S/C24H27N3O3/c25-18-20-1-3-21(4-2-20)23(28)27-13-9-24(10-14-27)17-19(8-16-30-24)7-15-29-22-5-11-26-12-6-22/h1-6,11-12,19H,7-10,13-17H2. The third-order valence-corrected chi connectivity index (χ3v) is 6.26. The first kappa shape index (κ1) is 20.4. The van der Waals surface area contributed by atoms with Gasteiger partial charge in [0, 0.05) is 37.7 Å². The van der Waals surface area contributed by atoms with Gasteiger partial charge in [0.15, 0.2) is 0 Å². The van der Waals surface area contributed by atoms with E-state index in [-0.39, 0.29) is 11.5 Å². The van der Waals surface area contributed by atoms with Crippen LogP contribution in [0.1, 0.15) is 48.0 Å². The molecule has 156 valence electrons. The molecular weight excluding hydrogens is 378 g/mol. The first-order chi connectivity index (χ1) is 14.7. The second-order valence-corrected chi connectivity index (χ2v) is 8.19. The number of carbonyl (C=O) groups excluding carboxylic acids is 1. The summed E-state index contributed by atoms with van der Waals surface area (Å²) in [7, 11) is 0. The molecule has 2 aliphatic rings. The van der Waals surface area contributed by atoms with Crippen molar-refractivity contribution in [1.29, 1.82) is 5.26 Å². The Bertz CT molecular complexity index is 884. The van der Waals surface area contributed by atoms with Gasteiger partial charge in [0.2, 0.25) is 0 Å². The minimum atomic E-state index is -0.110. The largest absolute Gasteiger partial charge is 0.493 e. The third-order valence-electron chi connectivity index (χ3n) is 6.26. The molecule has 2 saturated heterocycles.